The summed E-state index contributed by atoms with van der Waals surface area (Å²) in [7, 11) is 2.25. The second-order valence-electron chi connectivity index (χ2n) is 8.55. The number of aromatic nitrogens is 2. The number of hydrogen-bond donors (Lipinski definition) is 0. The van der Waals surface area contributed by atoms with Crippen molar-refractivity contribution in [2.24, 2.45) is 5.92 Å². The lowest BCUT2D eigenvalue weighted by Crippen LogP contribution is -2.60. The number of carbonyl (C=O) groups is 1. The van der Waals surface area contributed by atoms with Gasteiger partial charge in [0.25, 0.3) is 0 Å². The Morgan fingerprint density at radius 1 is 1.23 bits per heavy atom. The highest BCUT2D eigenvalue weighted by molar-refractivity contribution is 5.76. The van der Waals surface area contributed by atoms with Crippen molar-refractivity contribution in [1.82, 2.24) is 24.5 Å². The van der Waals surface area contributed by atoms with Gasteiger partial charge in [-0.3, -0.25) is 19.3 Å². The van der Waals surface area contributed by atoms with E-state index >= 15 is 0 Å². The van der Waals surface area contributed by atoms with Crippen molar-refractivity contribution < 1.29 is 4.79 Å². The van der Waals surface area contributed by atoms with E-state index in [0.717, 1.165) is 70.3 Å². The van der Waals surface area contributed by atoms with Crippen LogP contribution >= 0.6 is 0 Å². The van der Waals surface area contributed by atoms with Crippen molar-refractivity contribution in [2.75, 3.05) is 39.8 Å². The van der Waals surface area contributed by atoms with Gasteiger partial charge in [0.05, 0.1) is 5.69 Å². The molecule has 26 heavy (non-hydrogen) atoms. The van der Waals surface area contributed by atoms with Crippen LogP contribution in [-0.4, -0.2) is 75.7 Å². The fraction of sp³-hybridized carbons (Fsp3) is 0.800. The molecular weight excluding hydrogens is 326 g/mol. The zero-order chi connectivity index (χ0) is 18.1. The van der Waals surface area contributed by atoms with Gasteiger partial charge in [-0.05, 0) is 51.6 Å². The zero-order valence-electron chi connectivity index (χ0n) is 16.4. The Kier molecular flexibility index (Phi) is 5.06. The molecule has 2 saturated heterocycles. The van der Waals surface area contributed by atoms with Crippen molar-refractivity contribution >= 4 is 5.91 Å². The van der Waals surface area contributed by atoms with Crippen LogP contribution in [0.3, 0.4) is 0 Å². The van der Waals surface area contributed by atoms with E-state index in [1.807, 2.05) is 4.68 Å². The van der Waals surface area contributed by atoms with Crippen LogP contribution in [0.15, 0.2) is 12.3 Å². The van der Waals surface area contributed by atoms with Gasteiger partial charge in [0.1, 0.15) is 0 Å². The summed E-state index contributed by atoms with van der Waals surface area (Å²) in [4.78, 5) is 19.8. The number of hydrogen-bond acceptors (Lipinski definition) is 4. The predicted octanol–water partition coefficient (Wildman–Crippen LogP) is 1.81. The van der Waals surface area contributed by atoms with Gasteiger partial charge in [0.15, 0.2) is 0 Å². The van der Waals surface area contributed by atoms with Crippen LogP contribution in [0.4, 0.5) is 0 Å². The second-order valence-corrected chi connectivity index (χ2v) is 8.55. The Balaban J connectivity index is 1.42. The Labute approximate surface area is 157 Å². The molecule has 0 unspecified atom stereocenters. The first-order valence-corrected chi connectivity index (χ1v) is 10.3. The average molecular weight is 360 g/mol. The maximum absolute atomic E-state index is 12.6. The number of carbonyl (C=O) groups excluding carboxylic acids is 1. The molecule has 1 spiro atoms. The second kappa shape index (κ2) is 7.31. The van der Waals surface area contributed by atoms with E-state index in [4.69, 9.17) is 0 Å². The van der Waals surface area contributed by atoms with Crippen LogP contribution in [0.1, 0.15) is 44.7 Å². The number of amides is 1. The third-order valence-corrected chi connectivity index (χ3v) is 6.66. The van der Waals surface area contributed by atoms with Gasteiger partial charge in [-0.25, -0.2) is 0 Å². The molecule has 144 valence electrons. The Morgan fingerprint density at radius 3 is 2.81 bits per heavy atom. The number of likely N-dealkylation sites (tertiary alicyclic amines) is 1. The van der Waals surface area contributed by atoms with Crippen LogP contribution in [0.5, 0.6) is 0 Å². The minimum absolute atomic E-state index is 0.138. The summed E-state index contributed by atoms with van der Waals surface area (Å²) in [5.74, 6) is 1.16. The molecule has 1 aromatic heterocycles. The summed E-state index contributed by atoms with van der Waals surface area (Å²) in [6.07, 6.45) is 7.49. The van der Waals surface area contributed by atoms with Crippen molar-refractivity contribution in [2.45, 2.75) is 57.7 Å². The topological polar surface area (TPSA) is 44.6 Å². The maximum atomic E-state index is 12.6. The van der Waals surface area contributed by atoms with E-state index in [2.05, 4.69) is 46.0 Å². The fourth-order valence-electron chi connectivity index (χ4n) is 4.61. The summed E-state index contributed by atoms with van der Waals surface area (Å²) in [6, 6.07) is 2.14. The Bertz CT molecular complexity index is 640. The lowest BCUT2D eigenvalue weighted by Gasteiger charge is -2.49. The minimum atomic E-state index is 0.138. The quantitative estimate of drug-likeness (QED) is 0.804. The van der Waals surface area contributed by atoms with Gasteiger partial charge < -0.3 is 4.90 Å². The smallest absolute Gasteiger partial charge is 0.222 e. The van der Waals surface area contributed by atoms with Crippen molar-refractivity contribution in [3.05, 3.63) is 18.0 Å². The molecule has 1 atom stereocenters. The molecule has 0 bridgehead atoms. The molecule has 1 aromatic rings. The highest BCUT2D eigenvalue weighted by Crippen LogP contribution is 2.35. The monoisotopic (exact) mass is 359 g/mol. The highest BCUT2D eigenvalue weighted by Gasteiger charge is 2.42. The molecule has 0 radical (unpaired) electrons. The van der Waals surface area contributed by atoms with Crippen molar-refractivity contribution in [3.63, 3.8) is 0 Å². The van der Waals surface area contributed by atoms with E-state index in [1.54, 1.807) is 0 Å². The van der Waals surface area contributed by atoms with Crippen LogP contribution < -0.4 is 0 Å². The fourth-order valence-corrected chi connectivity index (χ4v) is 4.61. The number of nitrogens with zero attached hydrogens (tertiary/aromatic N) is 5. The van der Waals surface area contributed by atoms with E-state index in [1.165, 1.54) is 12.8 Å². The highest BCUT2D eigenvalue weighted by atomic mass is 16.2. The minimum Gasteiger partial charge on any atom is -0.342 e. The van der Waals surface area contributed by atoms with Crippen LogP contribution in [-0.2, 0) is 17.9 Å². The van der Waals surface area contributed by atoms with Gasteiger partial charge in [0, 0.05) is 64.0 Å². The SMILES string of the molecule is CCn1ccc(CN2CCN(C)[C@@]3(CCC(=O)N(CC4CC4)CC3)C2)n1. The normalized spacial score (nSPS) is 28.7. The summed E-state index contributed by atoms with van der Waals surface area (Å²) < 4.78 is 2.00. The number of likely N-dealkylation sites (N-methyl/N-ethyl adjacent to an activating group) is 1. The number of rotatable bonds is 5. The molecule has 0 aromatic carbocycles. The standard InChI is InChI=1S/C20H33N5O/c1-3-25-10-7-18(21-25)15-23-13-12-22(2)20(16-23)8-6-19(26)24(11-9-20)14-17-4-5-17/h7,10,17H,3-6,8-9,11-16H2,1-2H3/t20-/m1/s1. The molecule has 4 rings (SSSR count). The molecule has 6 heteroatoms. The third-order valence-electron chi connectivity index (χ3n) is 6.66. The first kappa shape index (κ1) is 18.0. The Hall–Kier alpha value is -1.40. The first-order valence-electron chi connectivity index (χ1n) is 10.3. The van der Waals surface area contributed by atoms with E-state index in [-0.39, 0.29) is 5.54 Å². The van der Waals surface area contributed by atoms with Gasteiger partial charge in [0.2, 0.25) is 5.91 Å². The largest absolute Gasteiger partial charge is 0.342 e. The summed E-state index contributed by atoms with van der Waals surface area (Å²) in [6.45, 7) is 9.09. The van der Waals surface area contributed by atoms with E-state index in [0.29, 0.717) is 12.3 Å². The molecule has 1 saturated carbocycles. The molecule has 1 amide bonds. The number of aryl methyl sites for hydroxylation is 1. The molecule has 6 nitrogen and oxygen atoms in total. The molecule has 3 aliphatic rings. The first-order chi connectivity index (χ1) is 12.6. The van der Waals surface area contributed by atoms with Crippen molar-refractivity contribution in [3.8, 4) is 0 Å². The predicted molar refractivity (Wildman–Crippen MR) is 102 cm³/mol. The van der Waals surface area contributed by atoms with Crippen LogP contribution in [0, 0.1) is 5.92 Å². The van der Waals surface area contributed by atoms with Gasteiger partial charge >= 0.3 is 0 Å². The summed E-state index contributed by atoms with van der Waals surface area (Å²) >= 11 is 0. The van der Waals surface area contributed by atoms with E-state index in [9.17, 15) is 4.79 Å². The third kappa shape index (κ3) is 3.81. The van der Waals surface area contributed by atoms with Gasteiger partial charge in [-0.15, -0.1) is 0 Å². The van der Waals surface area contributed by atoms with Crippen LogP contribution in [0.2, 0.25) is 0 Å². The lowest BCUT2D eigenvalue weighted by atomic mass is 9.86. The molecular formula is C20H33N5O. The van der Waals surface area contributed by atoms with Gasteiger partial charge in [-0.2, -0.15) is 5.10 Å². The van der Waals surface area contributed by atoms with Crippen LogP contribution in [0.25, 0.3) is 0 Å². The number of piperazine rings is 1. The summed E-state index contributed by atoms with van der Waals surface area (Å²) in [5, 5.41) is 4.66. The lowest BCUT2D eigenvalue weighted by molar-refractivity contribution is -0.131. The molecule has 3 heterocycles. The zero-order valence-corrected chi connectivity index (χ0v) is 16.4. The van der Waals surface area contributed by atoms with E-state index < -0.39 is 0 Å². The summed E-state index contributed by atoms with van der Waals surface area (Å²) in [5.41, 5.74) is 1.30. The van der Waals surface area contributed by atoms with Crippen molar-refractivity contribution in [1.29, 1.82) is 0 Å². The molecule has 3 fully saturated rings. The molecule has 1 aliphatic carbocycles. The maximum Gasteiger partial charge on any atom is 0.222 e. The molecule has 2 aliphatic heterocycles. The molecule has 0 N–H and O–H groups in total. The average Bonchev–Trinajstić information content (AvgIpc) is 3.37. The Morgan fingerprint density at radius 2 is 2.08 bits per heavy atom. The van der Waals surface area contributed by atoms with Gasteiger partial charge in [-0.1, -0.05) is 0 Å².